The number of nitrogens with two attached hydrogens (primary N) is 1. The van der Waals surface area contributed by atoms with Crippen LogP contribution in [0.25, 0.3) is 0 Å². The Morgan fingerprint density at radius 1 is 1.24 bits per heavy atom. The summed E-state index contributed by atoms with van der Waals surface area (Å²) in [6.45, 7) is 3.68. The summed E-state index contributed by atoms with van der Waals surface area (Å²) < 4.78 is 5.70. The minimum Gasteiger partial charge on any atom is -0.380 e. The topological polar surface area (TPSA) is 38.5 Å². The predicted molar refractivity (Wildman–Crippen MR) is 71.0 cm³/mol. The highest BCUT2D eigenvalue weighted by molar-refractivity contribution is 4.82. The van der Waals surface area contributed by atoms with Gasteiger partial charge >= 0.3 is 0 Å². The molecular weight excluding hydrogens is 212 g/mol. The monoisotopic (exact) mass is 240 g/mol. The summed E-state index contributed by atoms with van der Waals surface area (Å²) in [5, 5.41) is 0. The van der Waals surface area contributed by atoms with Crippen molar-refractivity contribution in [2.75, 3.05) is 33.4 Å². The minimum atomic E-state index is 0.571. The van der Waals surface area contributed by atoms with E-state index in [9.17, 15) is 0 Å². The van der Waals surface area contributed by atoms with Gasteiger partial charge in [-0.3, -0.25) is 4.90 Å². The average Bonchev–Trinajstić information content (AvgIpc) is 3.00. The Kier molecular flexibility index (Phi) is 5.26. The summed E-state index contributed by atoms with van der Waals surface area (Å²) in [5.74, 6) is 1.70. The molecular formula is C14H28N2O. The lowest BCUT2D eigenvalue weighted by atomic mass is 9.97. The number of likely N-dealkylation sites (N-methyl/N-ethyl adjacent to an activating group) is 1. The highest BCUT2D eigenvalue weighted by Gasteiger charge is 2.27. The van der Waals surface area contributed by atoms with Gasteiger partial charge in [0.25, 0.3) is 0 Å². The molecule has 2 saturated carbocycles. The summed E-state index contributed by atoms with van der Waals surface area (Å²) in [4.78, 5) is 2.42. The molecule has 0 heterocycles. The van der Waals surface area contributed by atoms with Gasteiger partial charge in [0.15, 0.2) is 0 Å². The van der Waals surface area contributed by atoms with Crippen molar-refractivity contribution in [3.8, 4) is 0 Å². The first kappa shape index (κ1) is 13.3. The average molecular weight is 240 g/mol. The van der Waals surface area contributed by atoms with E-state index in [2.05, 4.69) is 11.9 Å². The molecule has 0 aromatic carbocycles. The smallest absolute Gasteiger partial charge is 0.0593 e. The van der Waals surface area contributed by atoms with Gasteiger partial charge in [-0.05, 0) is 44.6 Å². The molecule has 2 fully saturated rings. The standard InChI is InChI=1S/C14H28N2O/c1-16(8-9-17-11-12-6-7-12)14(10-15)13-4-2-3-5-13/h12-14H,2-11,15H2,1H3. The van der Waals surface area contributed by atoms with Crippen molar-refractivity contribution in [3.05, 3.63) is 0 Å². The van der Waals surface area contributed by atoms with Crippen LogP contribution in [-0.2, 0) is 4.74 Å². The van der Waals surface area contributed by atoms with Crippen molar-refractivity contribution in [1.29, 1.82) is 0 Å². The number of ether oxygens (including phenoxy) is 1. The molecule has 3 nitrogen and oxygen atoms in total. The van der Waals surface area contributed by atoms with Crippen LogP contribution in [0, 0.1) is 11.8 Å². The molecule has 0 saturated heterocycles. The van der Waals surface area contributed by atoms with Gasteiger partial charge in [0, 0.05) is 25.7 Å². The zero-order chi connectivity index (χ0) is 12.1. The van der Waals surface area contributed by atoms with Gasteiger partial charge in [-0.2, -0.15) is 0 Å². The van der Waals surface area contributed by atoms with E-state index in [4.69, 9.17) is 10.5 Å². The van der Waals surface area contributed by atoms with Crippen LogP contribution in [0.5, 0.6) is 0 Å². The summed E-state index contributed by atoms with van der Waals surface area (Å²) in [7, 11) is 2.20. The molecule has 0 bridgehead atoms. The van der Waals surface area contributed by atoms with Crippen LogP contribution in [0.1, 0.15) is 38.5 Å². The Morgan fingerprint density at radius 2 is 1.94 bits per heavy atom. The first-order valence-corrected chi connectivity index (χ1v) is 7.29. The Labute approximate surface area is 106 Å². The summed E-state index contributed by atoms with van der Waals surface area (Å²) in [6.07, 6.45) is 8.29. The Hall–Kier alpha value is -0.120. The Bertz CT molecular complexity index is 212. The van der Waals surface area contributed by atoms with Crippen molar-refractivity contribution in [3.63, 3.8) is 0 Å². The van der Waals surface area contributed by atoms with Crippen LogP contribution >= 0.6 is 0 Å². The van der Waals surface area contributed by atoms with Crippen LogP contribution in [0.3, 0.4) is 0 Å². The molecule has 1 atom stereocenters. The number of hydrogen-bond acceptors (Lipinski definition) is 3. The maximum Gasteiger partial charge on any atom is 0.0593 e. The van der Waals surface area contributed by atoms with Crippen LogP contribution in [0.2, 0.25) is 0 Å². The van der Waals surface area contributed by atoms with Crippen molar-refractivity contribution in [1.82, 2.24) is 4.90 Å². The van der Waals surface area contributed by atoms with Gasteiger partial charge in [0.1, 0.15) is 0 Å². The summed E-state index contributed by atoms with van der Waals surface area (Å²) in [6, 6.07) is 0.571. The molecule has 2 N–H and O–H groups in total. The lowest BCUT2D eigenvalue weighted by Gasteiger charge is -2.31. The summed E-state index contributed by atoms with van der Waals surface area (Å²) in [5.41, 5.74) is 5.93. The molecule has 2 aliphatic rings. The first-order valence-electron chi connectivity index (χ1n) is 7.29. The molecule has 0 amide bonds. The molecule has 0 aromatic heterocycles. The molecule has 1 unspecified atom stereocenters. The second kappa shape index (κ2) is 6.72. The Balaban J connectivity index is 1.62. The lowest BCUT2D eigenvalue weighted by Crippen LogP contribution is -2.44. The molecule has 0 aromatic rings. The number of hydrogen-bond donors (Lipinski definition) is 1. The van der Waals surface area contributed by atoms with Crippen LogP contribution in [0.4, 0.5) is 0 Å². The van der Waals surface area contributed by atoms with E-state index < -0.39 is 0 Å². The second-order valence-electron chi connectivity index (χ2n) is 5.85. The third-order valence-electron chi connectivity index (χ3n) is 4.39. The third kappa shape index (κ3) is 4.23. The molecule has 0 radical (unpaired) electrons. The molecule has 17 heavy (non-hydrogen) atoms. The maximum atomic E-state index is 5.93. The number of nitrogens with zero attached hydrogens (tertiary/aromatic N) is 1. The zero-order valence-electron chi connectivity index (χ0n) is 11.2. The van der Waals surface area contributed by atoms with E-state index >= 15 is 0 Å². The maximum absolute atomic E-state index is 5.93. The van der Waals surface area contributed by atoms with Crippen molar-refractivity contribution in [2.45, 2.75) is 44.6 Å². The third-order valence-corrected chi connectivity index (χ3v) is 4.39. The quantitative estimate of drug-likeness (QED) is 0.658. The van der Waals surface area contributed by atoms with Gasteiger partial charge in [-0.25, -0.2) is 0 Å². The van der Waals surface area contributed by atoms with Crippen LogP contribution in [0.15, 0.2) is 0 Å². The minimum absolute atomic E-state index is 0.571. The van der Waals surface area contributed by atoms with E-state index in [0.29, 0.717) is 6.04 Å². The SMILES string of the molecule is CN(CCOCC1CC1)C(CN)C1CCCC1. The second-order valence-corrected chi connectivity index (χ2v) is 5.85. The zero-order valence-corrected chi connectivity index (χ0v) is 11.2. The largest absolute Gasteiger partial charge is 0.380 e. The highest BCUT2D eigenvalue weighted by Crippen LogP contribution is 2.30. The molecule has 100 valence electrons. The molecule has 0 spiro atoms. The van der Waals surface area contributed by atoms with E-state index in [0.717, 1.165) is 38.1 Å². The van der Waals surface area contributed by atoms with E-state index in [1.165, 1.54) is 38.5 Å². The molecule has 0 aliphatic heterocycles. The van der Waals surface area contributed by atoms with Gasteiger partial charge in [-0.1, -0.05) is 12.8 Å². The summed E-state index contributed by atoms with van der Waals surface area (Å²) >= 11 is 0. The van der Waals surface area contributed by atoms with E-state index in [1.54, 1.807) is 0 Å². The van der Waals surface area contributed by atoms with Crippen molar-refractivity contribution in [2.24, 2.45) is 17.6 Å². The van der Waals surface area contributed by atoms with E-state index in [1.807, 2.05) is 0 Å². The first-order chi connectivity index (χ1) is 8.31. The molecule has 2 aliphatic carbocycles. The van der Waals surface area contributed by atoms with Crippen molar-refractivity contribution >= 4 is 0 Å². The number of rotatable bonds is 8. The van der Waals surface area contributed by atoms with Gasteiger partial charge in [0.2, 0.25) is 0 Å². The molecule has 2 rings (SSSR count). The highest BCUT2D eigenvalue weighted by atomic mass is 16.5. The predicted octanol–water partition coefficient (Wildman–Crippen LogP) is 1.86. The van der Waals surface area contributed by atoms with Gasteiger partial charge < -0.3 is 10.5 Å². The van der Waals surface area contributed by atoms with Gasteiger partial charge in [0.05, 0.1) is 6.61 Å². The van der Waals surface area contributed by atoms with Crippen molar-refractivity contribution < 1.29 is 4.74 Å². The van der Waals surface area contributed by atoms with E-state index in [-0.39, 0.29) is 0 Å². The fourth-order valence-electron chi connectivity index (χ4n) is 2.98. The molecule has 3 heteroatoms. The van der Waals surface area contributed by atoms with Crippen LogP contribution in [-0.4, -0.2) is 44.3 Å². The lowest BCUT2D eigenvalue weighted by molar-refractivity contribution is 0.0813. The Morgan fingerprint density at radius 3 is 2.53 bits per heavy atom. The normalized spacial score (nSPS) is 23.5. The van der Waals surface area contributed by atoms with Gasteiger partial charge in [-0.15, -0.1) is 0 Å². The van der Waals surface area contributed by atoms with Crippen LogP contribution < -0.4 is 5.73 Å². The fourth-order valence-corrected chi connectivity index (χ4v) is 2.98. The fraction of sp³-hybridized carbons (Fsp3) is 1.00.